The SMILES string of the molecule is COc1ccc(C(=O)N2CCC(Cc3nc(-c4ccccc4)no3)CC2)c(C)c1. The Kier molecular flexibility index (Phi) is 5.60. The molecule has 6 nitrogen and oxygen atoms in total. The number of ether oxygens (including phenoxy) is 1. The van der Waals surface area contributed by atoms with E-state index < -0.39 is 0 Å². The molecule has 1 saturated heterocycles. The molecule has 0 unspecified atom stereocenters. The molecule has 150 valence electrons. The maximum Gasteiger partial charge on any atom is 0.254 e. The van der Waals surface area contributed by atoms with Gasteiger partial charge in [-0.3, -0.25) is 4.79 Å². The molecule has 1 aliphatic heterocycles. The van der Waals surface area contributed by atoms with Gasteiger partial charge < -0.3 is 14.2 Å². The number of amides is 1. The number of carbonyl (C=O) groups excluding carboxylic acids is 1. The Bertz CT molecular complexity index is 976. The van der Waals surface area contributed by atoms with Gasteiger partial charge in [-0.05, 0) is 49.4 Å². The molecule has 1 aliphatic rings. The summed E-state index contributed by atoms with van der Waals surface area (Å²) in [6.45, 7) is 3.44. The Morgan fingerprint density at radius 1 is 1.17 bits per heavy atom. The molecular formula is C23H25N3O3. The molecule has 0 saturated carbocycles. The second-order valence-electron chi connectivity index (χ2n) is 7.50. The summed E-state index contributed by atoms with van der Waals surface area (Å²) in [5.74, 6) is 2.60. The third-order valence-electron chi connectivity index (χ3n) is 5.53. The summed E-state index contributed by atoms with van der Waals surface area (Å²) < 4.78 is 10.7. The van der Waals surface area contributed by atoms with Gasteiger partial charge in [0.25, 0.3) is 5.91 Å². The molecule has 2 aromatic carbocycles. The first-order chi connectivity index (χ1) is 14.1. The summed E-state index contributed by atoms with van der Waals surface area (Å²) in [4.78, 5) is 19.4. The molecule has 0 spiro atoms. The van der Waals surface area contributed by atoms with Crippen LogP contribution in [0, 0.1) is 12.8 Å². The van der Waals surface area contributed by atoms with Crippen LogP contribution >= 0.6 is 0 Å². The van der Waals surface area contributed by atoms with Crippen molar-refractivity contribution in [2.75, 3.05) is 20.2 Å². The summed E-state index contributed by atoms with van der Waals surface area (Å²) in [5.41, 5.74) is 2.64. The first kappa shape index (κ1) is 19.2. The molecule has 1 fully saturated rings. The van der Waals surface area contributed by atoms with Crippen molar-refractivity contribution in [1.82, 2.24) is 15.0 Å². The lowest BCUT2D eigenvalue weighted by atomic mass is 9.93. The van der Waals surface area contributed by atoms with Gasteiger partial charge in [0.1, 0.15) is 5.75 Å². The third kappa shape index (κ3) is 4.31. The standard InChI is InChI=1S/C23H25N3O3/c1-16-14-19(28-2)8-9-20(16)23(27)26-12-10-17(11-13-26)15-21-24-22(25-29-21)18-6-4-3-5-7-18/h3-9,14,17H,10-13,15H2,1-2H3. The number of rotatable bonds is 5. The van der Waals surface area contributed by atoms with Crippen molar-refractivity contribution in [1.29, 1.82) is 0 Å². The smallest absolute Gasteiger partial charge is 0.254 e. The summed E-state index contributed by atoms with van der Waals surface area (Å²) in [6.07, 6.45) is 2.62. The number of hydrogen-bond acceptors (Lipinski definition) is 5. The number of benzene rings is 2. The Labute approximate surface area is 170 Å². The van der Waals surface area contributed by atoms with E-state index in [1.54, 1.807) is 7.11 Å². The van der Waals surface area contributed by atoms with Crippen LogP contribution in [0.4, 0.5) is 0 Å². The van der Waals surface area contributed by atoms with Gasteiger partial charge in [-0.1, -0.05) is 35.5 Å². The quantitative estimate of drug-likeness (QED) is 0.654. The Hall–Kier alpha value is -3.15. The predicted molar refractivity (Wildman–Crippen MR) is 110 cm³/mol. The van der Waals surface area contributed by atoms with Crippen LogP contribution in [-0.2, 0) is 6.42 Å². The van der Waals surface area contributed by atoms with Crippen LogP contribution in [0.3, 0.4) is 0 Å². The number of aryl methyl sites for hydroxylation is 1. The first-order valence-corrected chi connectivity index (χ1v) is 9.96. The number of nitrogens with zero attached hydrogens (tertiary/aromatic N) is 3. The predicted octanol–water partition coefficient (Wildman–Crippen LogP) is 4.15. The van der Waals surface area contributed by atoms with Gasteiger partial charge in [-0.15, -0.1) is 0 Å². The number of likely N-dealkylation sites (tertiary alicyclic amines) is 1. The molecule has 1 amide bonds. The maximum atomic E-state index is 12.9. The fourth-order valence-corrected chi connectivity index (χ4v) is 3.80. The zero-order valence-electron chi connectivity index (χ0n) is 16.8. The van der Waals surface area contributed by atoms with Crippen molar-refractivity contribution in [3.63, 3.8) is 0 Å². The number of piperidine rings is 1. The van der Waals surface area contributed by atoms with Crippen LogP contribution in [0.25, 0.3) is 11.4 Å². The molecule has 0 aliphatic carbocycles. The lowest BCUT2D eigenvalue weighted by Crippen LogP contribution is -2.39. The lowest BCUT2D eigenvalue weighted by Gasteiger charge is -2.32. The topological polar surface area (TPSA) is 68.5 Å². The van der Waals surface area contributed by atoms with E-state index in [2.05, 4.69) is 10.1 Å². The average molecular weight is 391 g/mol. The van der Waals surface area contributed by atoms with Gasteiger partial charge in [0.05, 0.1) is 7.11 Å². The largest absolute Gasteiger partial charge is 0.497 e. The van der Waals surface area contributed by atoms with Crippen LogP contribution in [-0.4, -0.2) is 41.1 Å². The second-order valence-corrected chi connectivity index (χ2v) is 7.50. The molecule has 2 heterocycles. The number of hydrogen-bond donors (Lipinski definition) is 0. The van der Waals surface area contributed by atoms with E-state index in [9.17, 15) is 4.79 Å². The van der Waals surface area contributed by atoms with Crippen molar-refractivity contribution >= 4 is 5.91 Å². The molecule has 6 heteroatoms. The Balaban J connectivity index is 1.34. The van der Waals surface area contributed by atoms with E-state index in [1.807, 2.05) is 60.4 Å². The van der Waals surface area contributed by atoms with Crippen molar-refractivity contribution < 1.29 is 14.1 Å². The number of carbonyl (C=O) groups is 1. The fraction of sp³-hybridized carbons (Fsp3) is 0.348. The minimum atomic E-state index is 0.0905. The van der Waals surface area contributed by atoms with E-state index in [0.29, 0.717) is 17.6 Å². The maximum absolute atomic E-state index is 12.9. The van der Waals surface area contributed by atoms with Gasteiger partial charge >= 0.3 is 0 Å². The number of aromatic nitrogens is 2. The van der Waals surface area contributed by atoms with Gasteiger partial charge in [0.2, 0.25) is 11.7 Å². The van der Waals surface area contributed by atoms with Crippen molar-refractivity contribution in [2.45, 2.75) is 26.2 Å². The molecule has 29 heavy (non-hydrogen) atoms. The zero-order valence-corrected chi connectivity index (χ0v) is 16.8. The molecule has 3 aromatic rings. The highest BCUT2D eigenvalue weighted by molar-refractivity contribution is 5.95. The van der Waals surface area contributed by atoms with Crippen LogP contribution in [0.2, 0.25) is 0 Å². The van der Waals surface area contributed by atoms with E-state index in [4.69, 9.17) is 9.26 Å². The van der Waals surface area contributed by atoms with Gasteiger partial charge in [-0.25, -0.2) is 0 Å². The van der Waals surface area contributed by atoms with Crippen molar-refractivity contribution in [3.05, 3.63) is 65.5 Å². The third-order valence-corrected chi connectivity index (χ3v) is 5.53. The summed E-state index contributed by atoms with van der Waals surface area (Å²) >= 11 is 0. The number of methoxy groups -OCH3 is 1. The highest BCUT2D eigenvalue weighted by atomic mass is 16.5. The van der Waals surface area contributed by atoms with Gasteiger partial charge in [0, 0.05) is 30.6 Å². The zero-order chi connectivity index (χ0) is 20.2. The summed E-state index contributed by atoms with van der Waals surface area (Å²) in [7, 11) is 1.63. The van der Waals surface area contributed by atoms with Gasteiger partial charge in [0.15, 0.2) is 0 Å². The minimum Gasteiger partial charge on any atom is -0.497 e. The average Bonchev–Trinajstić information content (AvgIpc) is 3.23. The van der Waals surface area contributed by atoms with Crippen molar-refractivity contribution in [3.8, 4) is 17.1 Å². The molecule has 0 atom stereocenters. The summed E-state index contributed by atoms with van der Waals surface area (Å²) in [5, 5.41) is 4.10. The van der Waals surface area contributed by atoms with Crippen molar-refractivity contribution in [2.24, 2.45) is 5.92 Å². The van der Waals surface area contributed by atoms with Gasteiger partial charge in [-0.2, -0.15) is 4.98 Å². The van der Waals surface area contributed by atoms with E-state index >= 15 is 0 Å². The molecular weight excluding hydrogens is 366 g/mol. The molecule has 0 bridgehead atoms. The van der Waals surface area contributed by atoms with Crippen LogP contribution in [0.5, 0.6) is 5.75 Å². The van der Waals surface area contributed by atoms with E-state index in [0.717, 1.165) is 54.8 Å². The van der Waals surface area contributed by atoms with Crippen LogP contribution < -0.4 is 4.74 Å². The Morgan fingerprint density at radius 2 is 1.93 bits per heavy atom. The van der Waals surface area contributed by atoms with Crippen LogP contribution in [0.15, 0.2) is 53.1 Å². The summed E-state index contributed by atoms with van der Waals surface area (Å²) in [6, 6.07) is 15.4. The lowest BCUT2D eigenvalue weighted by molar-refractivity contribution is 0.0686. The van der Waals surface area contributed by atoms with E-state index in [1.165, 1.54) is 0 Å². The molecule has 1 aromatic heterocycles. The highest BCUT2D eigenvalue weighted by Crippen LogP contribution is 2.25. The molecule has 0 N–H and O–H groups in total. The Morgan fingerprint density at radius 3 is 2.62 bits per heavy atom. The van der Waals surface area contributed by atoms with E-state index in [-0.39, 0.29) is 5.91 Å². The molecule has 0 radical (unpaired) electrons. The molecule has 4 rings (SSSR count). The normalized spacial score (nSPS) is 14.8. The minimum absolute atomic E-state index is 0.0905. The first-order valence-electron chi connectivity index (χ1n) is 9.96. The van der Waals surface area contributed by atoms with Crippen LogP contribution in [0.1, 0.15) is 34.7 Å². The highest BCUT2D eigenvalue weighted by Gasteiger charge is 2.26. The fourth-order valence-electron chi connectivity index (χ4n) is 3.80. The monoisotopic (exact) mass is 391 g/mol. The second kappa shape index (κ2) is 8.47.